The van der Waals surface area contributed by atoms with Crippen LogP contribution < -0.4 is 5.32 Å². The Balaban J connectivity index is 2.03. The van der Waals surface area contributed by atoms with E-state index in [-0.39, 0.29) is 0 Å². The zero-order chi connectivity index (χ0) is 16.0. The third-order valence-corrected chi connectivity index (χ3v) is 4.30. The molecule has 0 aliphatic carbocycles. The molecule has 1 aromatic carbocycles. The Bertz CT molecular complexity index is 909. The highest BCUT2D eigenvalue weighted by molar-refractivity contribution is 6.36. The van der Waals surface area contributed by atoms with Gasteiger partial charge >= 0.3 is 0 Å². The second kappa shape index (κ2) is 5.32. The molecule has 0 saturated heterocycles. The van der Waals surface area contributed by atoms with Crippen molar-refractivity contribution in [2.24, 2.45) is 9.98 Å². The zero-order valence-corrected chi connectivity index (χ0v) is 13.6. The quantitative estimate of drug-likeness (QED) is 0.863. The van der Waals surface area contributed by atoms with Crippen molar-refractivity contribution in [3.8, 4) is 0 Å². The van der Waals surface area contributed by atoms with Gasteiger partial charge in [-0.05, 0) is 37.6 Å². The summed E-state index contributed by atoms with van der Waals surface area (Å²) in [6.07, 6.45) is 0. The van der Waals surface area contributed by atoms with E-state index in [1.165, 1.54) is 0 Å². The van der Waals surface area contributed by atoms with E-state index in [9.17, 15) is 0 Å². The maximum atomic E-state index is 6.42. The van der Waals surface area contributed by atoms with Crippen molar-refractivity contribution < 1.29 is 0 Å². The van der Waals surface area contributed by atoms with Gasteiger partial charge in [0.05, 0.1) is 17.3 Å². The smallest absolute Gasteiger partial charge is 0.152 e. The summed E-state index contributed by atoms with van der Waals surface area (Å²) < 4.78 is 0. The summed E-state index contributed by atoms with van der Waals surface area (Å²) in [7, 11) is 0. The average molecular weight is 323 g/mol. The third-order valence-electron chi connectivity index (χ3n) is 3.97. The summed E-state index contributed by atoms with van der Waals surface area (Å²) in [6, 6.07) is 11.7. The molecule has 4 nitrogen and oxygen atoms in total. The van der Waals surface area contributed by atoms with Gasteiger partial charge in [-0.3, -0.25) is 4.99 Å². The molecule has 4 rings (SSSR count). The summed E-state index contributed by atoms with van der Waals surface area (Å²) in [5, 5.41) is 4.03. The van der Waals surface area contributed by atoms with E-state index in [0.29, 0.717) is 11.6 Å². The lowest BCUT2D eigenvalue weighted by Gasteiger charge is -2.11. The predicted octanol–water partition coefficient (Wildman–Crippen LogP) is 3.99. The maximum absolute atomic E-state index is 6.42. The minimum Gasteiger partial charge on any atom is -0.337 e. The van der Waals surface area contributed by atoms with Gasteiger partial charge in [0, 0.05) is 11.3 Å². The number of amidine groups is 1. The van der Waals surface area contributed by atoms with E-state index < -0.39 is 0 Å². The number of anilines is 1. The molecule has 0 radical (unpaired) electrons. The van der Waals surface area contributed by atoms with E-state index in [4.69, 9.17) is 21.6 Å². The molecule has 2 aliphatic rings. The Hall–Kier alpha value is -2.46. The lowest BCUT2D eigenvalue weighted by molar-refractivity contribution is 1.15. The van der Waals surface area contributed by atoms with Crippen molar-refractivity contribution in [3.63, 3.8) is 0 Å². The molecular weight excluding hydrogens is 308 g/mol. The van der Waals surface area contributed by atoms with Gasteiger partial charge in [0.15, 0.2) is 5.84 Å². The van der Waals surface area contributed by atoms with Crippen molar-refractivity contribution >= 4 is 28.8 Å². The molecule has 0 atom stereocenters. The molecule has 2 aliphatic heterocycles. The molecule has 0 fully saturated rings. The van der Waals surface area contributed by atoms with Crippen LogP contribution >= 0.6 is 11.6 Å². The number of hydrogen-bond donors (Lipinski definition) is 1. The van der Waals surface area contributed by atoms with Crippen molar-refractivity contribution in [2.75, 3.05) is 11.9 Å². The molecule has 0 amide bonds. The summed E-state index contributed by atoms with van der Waals surface area (Å²) >= 11 is 6.42. The largest absolute Gasteiger partial charge is 0.337 e. The number of benzene rings is 1. The van der Waals surface area contributed by atoms with Gasteiger partial charge in [0.25, 0.3) is 0 Å². The molecule has 0 unspecified atom stereocenters. The summed E-state index contributed by atoms with van der Waals surface area (Å²) in [5.41, 5.74) is 6.32. The van der Waals surface area contributed by atoms with E-state index >= 15 is 0 Å². The molecule has 5 heteroatoms. The molecule has 3 heterocycles. The first-order valence-corrected chi connectivity index (χ1v) is 7.84. The number of aromatic nitrogens is 1. The first kappa shape index (κ1) is 14.2. The Labute approximate surface area is 139 Å². The van der Waals surface area contributed by atoms with Crippen LogP contribution in [0.5, 0.6) is 0 Å². The second-order valence-corrected chi connectivity index (χ2v) is 6.12. The number of pyridine rings is 1. The number of nitrogens with one attached hydrogen (secondary N) is 1. The monoisotopic (exact) mass is 322 g/mol. The van der Waals surface area contributed by atoms with Crippen LogP contribution in [0.15, 0.2) is 57.7 Å². The predicted molar refractivity (Wildman–Crippen MR) is 94.7 cm³/mol. The molecular formula is C18H15ClN4. The van der Waals surface area contributed by atoms with Crippen LogP contribution in [0.1, 0.15) is 23.9 Å². The number of nitrogens with zero attached hydrogens (tertiary/aromatic N) is 3. The minimum absolute atomic E-state index is 0.664. The van der Waals surface area contributed by atoms with E-state index in [2.05, 4.69) is 17.2 Å². The van der Waals surface area contributed by atoms with Gasteiger partial charge in [-0.15, -0.1) is 0 Å². The standard InChI is InChI=1S/C18H15ClN4/c1-10-9-20-18-15(10)23-16(12-5-3-4-6-13(12)19)17-14(22-18)8-7-11(2)21-17/h3-8H,9H2,1-2H3,(H,20,22). The van der Waals surface area contributed by atoms with E-state index in [0.717, 1.165) is 45.5 Å². The van der Waals surface area contributed by atoms with Gasteiger partial charge in [0.1, 0.15) is 17.1 Å². The Morgan fingerprint density at radius 3 is 2.74 bits per heavy atom. The van der Waals surface area contributed by atoms with Crippen molar-refractivity contribution in [1.29, 1.82) is 0 Å². The van der Waals surface area contributed by atoms with Crippen molar-refractivity contribution in [1.82, 2.24) is 4.98 Å². The SMILES string of the molecule is CC1=C2N=C(c3ccccc3Cl)c3nc(C)ccc3NC2=NC1. The normalized spacial score (nSPS) is 16.1. The summed E-state index contributed by atoms with van der Waals surface area (Å²) in [6.45, 7) is 4.69. The van der Waals surface area contributed by atoms with Crippen LogP contribution in [-0.2, 0) is 0 Å². The number of aryl methyl sites for hydroxylation is 1. The number of halogens is 1. The third kappa shape index (κ3) is 2.35. The minimum atomic E-state index is 0.664. The van der Waals surface area contributed by atoms with Crippen molar-refractivity contribution in [2.45, 2.75) is 13.8 Å². The molecule has 2 aromatic rings. The van der Waals surface area contributed by atoms with E-state index in [1.54, 1.807) is 0 Å². The highest BCUT2D eigenvalue weighted by Gasteiger charge is 2.26. The van der Waals surface area contributed by atoms with Gasteiger partial charge in [-0.25, -0.2) is 9.98 Å². The first-order chi connectivity index (χ1) is 11.1. The fraction of sp³-hybridized carbons (Fsp3) is 0.167. The Morgan fingerprint density at radius 2 is 1.91 bits per heavy atom. The summed E-state index contributed by atoms with van der Waals surface area (Å²) in [4.78, 5) is 14.1. The van der Waals surface area contributed by atoms with Gasteiger partial charge in [-0.2, -0.15) is 0 Å². The van der Waals surface area contributed by atoms with Crippen LogP contribution in [0.4, 0.5) is 5.69 Å². The van der Waals surface area contributed by atoms with Gasteiger partial charge < -0.3 is 5.32 Å². The van der Waals surface area contributed by atoms with Crippen LogP contribution in [0.3, 0.4) is 0 Å². The molecule has 1 aromatic heterocycles. The molecule has 0 spiro atoms. The number of fused-ring (bicyclic) bond motifs is 2. The van der Waals surface area contributed by atoms with Crippen LogP contribution in [0.25, 0.3) is 0 Å². The highest BCUT2D eigenvalue weighted by atomic mass is 35.5. The number of rotatable bonds is 1. The molecule has 0 saturated carbocycles. The molecule has 114 valence electrons. The van der Waals surface area contributed by atoms with E-state index in [1.807, 2.05) is 43.3 Å². The van der Waals surface area contributed by atoms with Crippen LogP contribution in [0, 0.1) is 6.92 Å². The highest BCUT2D eigenvalue weighted by Crippen LogP contribution is 2.30. The van der Waals surface area contributed by atoms with Crippen LogP contribution in [0.2, 0.25) is 5.02 Å². The first-order valence-electron chi connectivity index (χ1n) is 7.46. The summed E-state index contributed by atoms with van der Waals surface area (Å²) in [5.74, 6) is 0.802. The number of aliphatic imine (C=N–C) groups is 2. The molecule has 1 N–H and O–H groups in total. The average Bonchev–Trinajstić information content (AvgIpc) is 2.79. The van der Waals surface area contributed by atoms with Crippen molar-refractivity contribution in [3.05, 3.63) is 69.6 Å². The topological polar surface area (TPSA) is 49.6 Å². The fourth-order valence-corrected chi connectivity index (χ4v) is 2.99. The maximum Gasteiger partial charge on any atom is 0.152 e. The lowest BCUT2D eigenvalue weighted by atomic mass is 10.0. The fourth-order valence-electron chi connectivity index (χ4n) is 2.77. The number of hydrogen-bond acceptors (Lipinski definition) is 4. The second-order valence-electron chi connectivity index (χ2n) is 5.71. The Kier molecular flexibility index (Phi) is 3.27. The molecule has 0 bridgehead atoms. The van der Waals surface area contributed by atoms with Crippen LogP contribution in [-0.4, -0.2) is 23.1 Å². The zero-order valence-electron chi connectivity index (χ0n) is 12.9. The lowest BCUT2D eigenvalue weighted by Crippen LogP contribution is -2.12. The van der Waals surface area contributed by atoms with Gasteiger partial charge in [-0.1, -0.05) is 29.8 Å². The molecule has 23 heavy (non-hydrogen) atoms. The van der Waals surface area contributed by atoms with Gasteiger partial charge in [0.2, 0.25) is 0 Å². The Morgan fingerprint density at radius 1 is 1.09 bits per heavy atom.